The van der Waals surface area contributed by atoms with Gasteiger partial charge in [-0.25, -0.2) is 4.98 Å². The number of rotatable bonds is 2. The van der Waals surface area contributed by atoms with E-state index in [4.69, 9.17) is 9.72 Å². The van der Waals surface area contributed by atoms with Crippen LogP contribution in [0, 0.1) is 13.8 Å². The summed E-state index contributed by atoms with van der Waals surface area (Å²) < 4.78 is 8.43. The minimum absolute atomic E-state index is 0.0178. The van der Waals surface area contributed by atoms with E-state index >= 15 is 0 Å². The van der Waals surface area contributed by atoms with Crippen molar-refractivity contribution >= 4 is 28.3 Å². The van der Waals surface area contributed by atoms with Crippen LogP contribution in [-0.4, -0.2) is 22.5 Å². The number of ether oxygens (including phenoxy) is 1. The summed E-state index contributed by atoms with van der Waals surface area (Å²) in [7, 11) is 3.63. The molecule has 1 aromatic carbocycles. The number of aromatic nitrogens is 2. The third-order valence-corrected chi connectivity index (χ3v) is 5.97. The molecular formula is C19H21N3O2S. The van der Waals surface area contributed by atoms with Gasteiger partial charge in [0, 0.05) is 30.8 Å². The molecule has 0 bridgehead atoms. The van der Waals surface area contributed by atoms with Crippen molar-refractivity contribution in [3.63, 3.8) is 0 Å². The summed E-state index contributed by atoms with van der Waals surface area (Å²) in [6.07, 6.45) is 1.69. The van der Waals surface area contributed by atoms with Gasteiger partial charge in [-0.1, -0.05) is 0 Å². The normalized spacial score (nSPS) is 16.6. The fraction of sp³-hybridized carbons (Fsp3) is 0.368. The van der Waals surface area contributed by atoms with Crippen LogP contribution in [0.3, 0.4) is 0 Å². The highest BCUT2D eigenvalue weighted by Crippen LogP contribution is 2.42. The first kappa shape index (κ1) is 16.1. The molecule has 0 saturated heterocycles. The second-order valence-corrected chi connectivity index (χ2v) is 7.30. The molecule has 1 aliphatic rings. The van der Waals surface area contributed by atoms with Crippen molar-refractivity contribution in [2.24, 2.45) is 7.05 Å². The molecule has 1 amide bonds. The van der Waals surface area contributed by atoms with Crippen molar-refractivity contribution in [3.8, 4) is 5.75 Å². The molecule has 0 radical (unpaired) electrons. The van der Waals surface area contributed by atoms with Crippen molar-refractivity contribution in [3.05, 3.63) is 44.9 Å². The number of hydrogen-bond donors (Lipinski definition) is 1. The Morgan fingerprint density at radius 2 is 2.20 bits per heavy atom. The highest BCUT2D eigenvalue weighted by molar-refractivity contribution is 7.08. The number of imidazole rings is 1. The van der Waals surface area contributed by atoms with Crippen molar-refractivity contribution in [1.29, 1.82) is 0 Å². The molecule has 25 heavy (non-hydrogen) atoms. The van der Waals surface area contributed by atoms with Crippen molar-refractivity contribution < 1.29 is 9.53 Å². The number of hydrogen-bond acceptors (Lipinski definition) is 4. The topological polar surface area (TPSA) is 56.2 Å². The molecule has 0 aliphatic carbocycles. The number of nitrogens with one attached hydrogen (secondary N) is 1. The number of amides is 1. The van der Waals surface area contributed by atoms with E-state index in [9.17, 15) is 4.79 Å². The van der Waals surface area contributed by atoms with Gasteiger partial charge in [0.2, 0.25) is 0 Å². The lowest BCUT2D eigenvalue weighted by atomic mass is 9.93. The molecule has 2 aromatic heterocycles. The Bertz CT molecular complexity index is 986. The standard InChI is InChI=1S/C19H21N3O2S/c1-10-8-25-9-14(10)16-6-5-12-13(19(23)20-3)7-15-17(18(12)24-16)21-11(2)22(15)4/h7-9,16H,5-6H2,1-4H3,(H,20,23)/t16-/m0/s1. The Hall–Kier alpha value is -2.34. The maximum atomic E-state index is 12.4. The lowest BCUT2D eigenvalue weighted by Gasteiger charge is -2.28. The summed E-state index contributed by atoms with van der Waals surface area (Å²) in [4.78, 5) is 17.1. The van der Waals surface area contributed by atoms with Gasteiger partial charge in [-0.2, -0.15) is 11.3 Å². The number of nitrogens with zero attached hydrogens (tertiary/aromatic N) is 2. The van der Waals surface area contributed by atoms with E-state index in [1.54, 1.807) is 18.4 Å². The molecule has 0 spiro atoms. The van der Waals surface area contributed by atoms with Crippen LogP contribution in [0.2, 0.25) is 0 Å². The molecule has 0 saturated carbocycles. The summed E-state index contributed by atoms with van der Waals surface area (Å²) in [5.74, 6) is 1.59. The zero-order valence-corrected chi connectivity index (χ0v) is 15.7. The van der Waals surface area contributed by atoms with Gasteiger partial charge in [-0.15, -0.1) is 0 Å². The molecule has 4 rings (SSSR count). The van der Waals surface area contributed by atoms with Crippen LogP contribution in [0.15, 0.2) is 16.8 Å². The number of benzene rings is 1. The highest BCUT2D eigenvalue weighted by Gasteiger charge is 2.30. The largest absolute Gasteiger partial charge is 0.483 e. The lowest BCUT2D eigenvalue weighted by molar-refractivity contribution is 0.0959. The Morgan fingerprint density at radius 3 is 2.88 bits per heavy atom. The molecule has 3 heterocycles. The average Bonchev–Trinajstić information content (AvgIpc) is 3.17. The molecule has 130 valence electrons. The Morgan fingerprint density at radius 1 is 1.40 bits per heavy atom. The van der Waals surface area contributed by atoms with E-state index in [0.717, 1.165) is 41.0 Å². The summed E-state index contributed by atoms with van der Waals surface area (Å²) in [6, 6.07) is 1.94. The van der Waals surface area contributed by atoms with E-state index in [0.29, 0.717) is 5.56 Å². The maximum absolute atomic E-state index is 12.4. The van der Waals surface area contributed by atoms with Crippen molar-refractivity contribution in [2.45, 2.75) is 32.8 Å². The summed E-state index contributed by atoms with van der Waals surface area (Å²) in [5.41, 5.74) is 5.93. The van der Waals surface area contributed by atoms with Crippen LogP contribution >= 0.6 is 11.3 Å². The van der Waals surface area contributed by atoms with Crippen LogP contribution in [0.5, 0.6) is 5.75 Å². The number of fused-ring (bicyclic) bond motifs is 3. The van der Waals surface area contributed by atoms with Gasteiger partial charge in [0.1, 0.15) is 17.4 Å². The summed E-state index contributed by atoms with van der Waals surface area (Å²) in [6.45, 7) is 4.08. The number of carbonyl (C=O) groups excluding carboxylic acids is 1. The van der Waals surface area contributed by atoms with Gasteiger partial charge >= 0.3 is 0 Å². The molecule has 3 aromatic rings. The number of aryl methyl sites for hydroxylation is 3. The van der Waals surface area contributed by atoms with Crippen LogP contribution in [0.25, 0.3) is 11.0 Å². The first-order valence-corrected chi connectivity index (χ1v) is 9.35. The minimum atomic E-state index is -0.0780. The summed E-state index contributed by atoms with van der Waals surface area (Å²) in [5, 5.41) is 7.06. The number of thiophene rings is 1. The Labute approximate surface area is 150 Å². The molecule has 5 nitrogen and oxygen atoms in total. The fourth-order valence-electron chi connectivity index (χ4n) is 3.56. The van der Waals surface area contributed by atoms with Gasteiger partial charge < -0.3 is 14.6 Å². The van der Waals surface area contributed by atoms with Crippen molar-refractivity contribution in [2.75, 3.05) is 7.05 Å². The first-order valence-electron chi connectivity index (χ1n) is 8.41. The molecule has 1 aliphatic heterocycles. The first-order chi connectivity index (χ1) is 12.0. The van der Waals surface area contributed by atoms with Gasteiger partial charge in [0.25, 0.3) is 5.91 Å². The predicted octanol–water partition coefficient (Wildman–Crippen LogP) is 3.68. The molecule has 6 heteroatoms. The molecule has 1 atom stereocenters. The molecule has 0 fully saturated rings. The van der Waals surface area contributed by atoms with Gasteiger partial charge in [0.15, 0.2) is 5.75 Å². The van der Waals surface area contributed by atoms with E-state index in [1.807, 2.05) is 24.6 Å². The lowest BCUT2D eigenvalue weighted by Crippen LogP contribution is -2.23. The quantitative estimate of drug-likeness (QED) is 0.763. The van der Waals surface area contributed by atoms with Gasteiger partial charge in [0.05, 0.1) is 5.52 Å². The monoisotopic (exact) mass is 355 g/mol. The summed E-state index contributed by atoms with van der Waals surface area (Å²) >= 11 is 1.70. The average molecular weight is 355 g/mol. The van der Waals surface area contributed by atoms with Crippen LogP contribution < -0.4 is 10.1 Å². The Kier molecular flexibility index (Phi) is 3.80. The van der Waals surface area contributed by atoms with Gasteiger partial charge in [-0.05, 0) is 49.1 Å². The second-order valence-electron chi connectivity index (χ2n) is 6.55. The smallest absolute Gasteiger partial charge is 0.251 e. The highest BCUT2D eigenvalue weighted by atomic mass is 32.1. The molecule has 0 unspecified atom stereocenters. The Balaban J connectivity index is 1.91. The van der Waals surface area contributed by atoms with E-state index in [1.165, 1.54) is 11.1 Å². The van der Waals surface area contributed by atoms with E-state index in [-0.39, 0.29) is 12.0 Å². The van der Waals surface area contributed by atoms with Crippen LogP contribution in [0.1, 0.15) is 45.4 Å². The maximum Gasteiger partial charge on any atom is 0.251 e. The van der Waals surface area contributed by atoms with Crippen molar-refractivity contribution in [1.82, 2.24) is 14.9 Å². The predicted molar refractivity (Wildman–Crippen MR) is 99.6 cm³/mol. The van der Waals surface area contributed by atoms with Crippen LogP contribution in [0.4, 0.5) is 0 Å². The zero-order chi connectivity index (χ0) is 17.7. The van der Waals surface area contributed by atoms with E-state index < -0.39 is 0 Å². The minimum Gasteiger partial charge on any atom is -0.483 e. The zero-order valence-electron chi connectivity index (χ0n) is 14.8. The third kappa shape index (κ3) is 2.43. The molecular weight excluding hydrogens is 334 g/mol. The number of carbonyl (C=O) groups is 1. The van der Waals surface area contributed by atoms with E-state index in [2.05, 4.69) is 23.0 Å². The third-order valence-electron chi connectivity index (χ3n) is 5.09. The van der Waals surface area contributed by atoms with Crippen LogP contribution in [-0.2, 0) is 13.5 Å². The second kappa shape index (κ2) is 5.88. The fourth-order valence-corrected chi connectivity index (χ4v) is 4.45. The van der Waals surface area contributed by atoms with Gasteiger partial charge in [-0.3, -0.25) is 4.79 Å². The molecule has 1 N–H and O–H groups in total. The SMILES string of the molecule is CNC(=O)c1cc2c(nc(C)n2C)c2c1CC[C@@H](c1cscc1C)O2.